The molecule has 0 aromatic carbocycles. The van der Waals surface area contributed by atoms with Gasteiger partial charge >= 0.3 is 0 Å². The molecule has 27 heteroatoms. The molecule has 11 fully saturated rings. The predicted molar refractivity (Wildman–Crippen MR) is 284 cm³/mol. The van der Waals surface area contributed by atoms with Gasteiger partial charge in [0.05, 0.1) is 57.5 Å². The molecule has 34 unspecified atom stereocenters. The van der Waals surface area contributed by atoms with E-state index in [4.69, 9.17) is 52.1 Å². The zero-order chi connectivity index (χ0) is 61.5. The highest BCUT2D eigenvalue weighted by molar-refractivity contribution is 5.28. The maximum Gasteiger partial charge on any atom is 0.187 e. The number of hydrogen-bond acceptors (Lipinski definition) is 27. The van der Waals surface area contributed by atoms with Gasteiger partial charge in [0, 0.05) is 17.4 Å². The summed E-state index contributed by atoms with van der Waals surface area (Å²) < 4.78 is 68.7. The van der Waals surface area contributed by atoms with Gasteiger partial charge in [-0.15, -0.1) is 0 Å². The summed E-state index contributed by atoms with van der Waals surface area (Å²) in [5.74, 6) is 0.421. The number of hydrogen-bond donors (Lipinski definition) is 16. The number of ether oxygens (including phenoxy) is 11. The van der Waals surface area contributed by atoms with Crippen LogP contribution in [0.2, 0.25) is 0 Å². The maximum atomic E-state index is 12.7. The summed E-state index contributed by atoms with van der Waals surface area (Å²) in [5, 5.41) is 175. The van der Waals surface area contributed by atoms with Gasteiger partial charge in [0.15, 0.2) is 31.5 Å². The second kappa shape index (κ2) is 23.8. The zero-order valence-electron chi connectivity index (χ0n) is 49.3. The van der Waals surface area contributed by atoms with Crippen LogP contribution in [-0.2, 0) is 52.1 Å². The van der Waals surface area contributed by atoms with Crippen molar-refractivity contribution in [2.45, 2.75) is 265 Å². The minimum absolute atomic E-state index is 0.0812. The number of aliphatic hydroxyl groups excluding tert-OH is 16. The Hall–Kier alpha value is -1.08. The van der Waals surface area contributed by atoms with Crippen LogP contribution >= 0.6 is 0 Å². The van der Waals surface area contributed by atoms with E-state index < -0.39 is 198 Å². The molecule has 1 spiro atoms. The van der Waals surface area contributed by atoms with E-state index in [0.717, 1.165) is 51.4 Å². The zero-order valence-corrected chi connectivity index (χ0v) is 49.3. The molecule has 6 heterocycles. The Morgan fingerprint density at radius 1 is 0.447 bits per heavy atom. The van der Waals surface area contributed by atoms with Crippen molar-refractivity contribution in [3.05, 3.63) is 0 Å². The fraction of sp³-hybridized carbons (Fsp3) is 1.00. The van der Waals surface area contributed by atoms with Crippen molar-refractivity contribution >= 4 is 0 Å². The van der Waals surface area contributed by atoms with Gasteiger partial charge in [-0.2, -0.15) is 0 Å². The van der Waals surface area contributed by atoms with Gasteiger partial charge in [0.25, 0.3) is 0 Å². The van der Waals surface area contributed by atoms with Crippen molar-refractivity contribution < 1.29 is 134 Å². The minimum atomic E-state index is -2.03. The number of fused-ring (bicyclic) bond motifs is 4. The molecule has 0 radical (unpaired) electrons. The Kier molecular flexibility index (Phi) is 18.3. The van der Waals surface area contributed by atoms with E-state index in [1.54, 1.807) is 0 Å². The number of rotatable bonds is 14. The maximum absolute atomic E-state index is 12.7. The summed E-state index contributed by atoms with van der Waals surface area (Å²) >= 11 is 0. The molecular formula is C58H96O27. The molecule has 5 saturated carbocycles. The van der Waals surface area contributed by atoms with E-state index in [1.807, 2.05) is 0 Å². The molecule has 490 valence electrons. The molecule has 5 aliphatic carbocycles. The summed E-state index contributed by atoms with van der Waals surface area (Å²) in [5.41, 5.74) is -2.46. The Labute approximate surface area is 493 Å². The van der Waals surface area contributed by atoms with E-state index in [0.29, 0.717) is 19.4 Å². The molecular weight excluding hydrogens is 1130 g/mol. The molecule has 16 N–H and O–H groups in total. The monoisotopic (exact) mass is 1220 g/mol. The smallest absolute Gasteiger partial charge is 0.187 e. The topological polar surface area (TPSA) is 425 Å². The second-order valence-electron chi connectivity index (χ2n) is 28.8. The summed E-state index contributed by atoms with van der Waals surface area (Å²) in [6, 6.07) is 0. The van der Waals surface area contributed by atoms with E-state index in [-0.39, 0.29) is 51.4 Å². The summed E-state index contributed by atoms with van der Waals surface area (Å²) in [6.07, 6.45) is -34.5. The molecule has 27 nitrogen and oxygen atoms in total. The number of aliphatic hydroxyl groups is 16. The fourth-order valence-electron chi connectivity index (χ4n) is 18.9. The van der Waals surface area contributed by atoms with Crippen LogP contribution < -0.4 is 0 Å². The Bertz CT molecular complexity index is 2310. The van der Waals surface area contributed by atoms with Gasteiger partial charge in [-0.1, -0.05) is 41.5 Å². The van der Waals surface area contributed by atoms with E-state index >= 15 is 0 Å². The fourth-order valence-corrected chi connectivity index (χ4v) is 18.9. The summed E-state index contributed by atoms with van der Waals surface area (Å²) in [4.78, 5) is 0. The Balaban J connectivity index is 0.867. The first-order valence-corrected chi connectivity index (χ1v) is 30.7. The van der Waals surface area contributed by atoms with E-state index in [1.165, 1.54) is 0 Å². The van der Waals surface area contributed by atoms with Crippen molar-refractivity contribution in [3.63, 3.8) is 0 Å². The van der Waals surface area contributed by atoms with E-state index in [2.05, 4.69) is 41.5 Å². The molecule has 11 aliphatic rings. The van der Waals surface area contributed by atoms with Crippen LogP contribution in [0.3, 0.4) is 0 Å². The average molecular weight is 1230 g/mol. The van der Waals surface area contributed by atoms with Crippen LogP contribution in [0, 0.1) is 50.2 Å². The van der Waals surface area contributed by atoms with Gasteiger partial charge in [0.2, 0.25) is 0 Å². The Morgan fingerprint density at radius 3 is 1.64 bits per heavy atom. The molecule has 6 aliphatic heterocycles. The lowest BCUT2D eigenvalue weighted by atomic mass is 9.30. The standard InChI is InChI=1S/C58H96O27/c1-52(2)29-7-11-55(5)30(8-12-58-31-15-53(3,22-62)13-14-57(31,23-77-58)32(64)16-56(55,58)6)54(29,4)10-9-33(52)82-50-45(84-49-43(74)40(71)36(67)26(18-60)79-49)38(69)28(21-76-50)81-51-46(85-47-41(72)34(65)24(63)20-75-47)44(37(68)27(19-61)80-51)83-48-42(73)39(70)35(66)25(17-59)78-48/h24-51,59-74H,7-23H2,1-6H3. The van der Waals surface area contributed by atoms with Crippen LogP contribution in [-0.4, -0.2) is 287 Å². The lowest BCUT2D eigenvalue weighted by Gasteiger charge is -2.75. The molecule has 85 heavy (non-hydrogen) atoms. The van der Waals surface area contributed by atoms with Gasteiger partial charge in [0.1, 0.15) is 110 Å². The first-order valence-electron chi connectivity index (χ1n) is 30.7. The molecule has 11 rings (SSSR count). The van der Waals surface area contributed by atoms with Gasteiger partial charge in [-0.25, -0.2) is 0 Å². The highest BCUT2D eigenvalue weighted by Crippen LogP contribution is 2.80. The largest absolute Gasteiger partial charge is 0.396 e. The molecule has 6 saturated heterocycles. The third-order valence-electron chi connectivity index (χ3n) is 24.2. The molecule has 34 atom stereocenters. The summed E-state index contributed by atoms with van der Waals surface area (Å²) in [6.45, 7) is 10.6. The van der Waals surface area contributed by atoms with Gasteiger partial charge in [-0.3, -0.25) is 0 Å². The van der Waals surface area contributed by atoms with Crippen LogP contribution in [0.1, 0.15) is 106 Å². The van der Waals surface area contributed by atoms with Gasteiger partial charge < -0.3 is 134 Å². The summed E-state index contributed by atoms with van der Waals surface area (Å²) in [7, 11) is 0. The van der Waals surface area contributed by atoms with Crippen LogP contribution in [0.5, 0.6) is 0 Å². The quantitative estimate of drug-likeness (QED) is 0.0732. The predicted octanol–water partition coefficient (Wildman–Crippen LogP) is -4.28. The van der Waals surface area contributed by atoms with Crippen molar-refractivity contribution in [1.82, 2.24) is 0 Å². The highest BCUT2D eigenvalue weighted by Gasteiger charge is 2.80. The third-order valence-corrected chi connectivity index (χ3v) is 24.2. The molecule has 0 aromatic rings. The van der Waals surface area contributed by atoms with Crippen LogP contribution in [0.25, 0.3) is 0 Å². The molecule has 0 aromatic heterocycles. The van der Waals surface area contributed by atoms with Crippen LogP contribution in [0.4, 0.5) is 0 Å². The van der Waals surface area contributed by atoms with Crippen LogP contribution in [0.15, 0.2) is 0 Å². The third kappa shape index (κ3) is 10.3. The highest BCUT2D eigenvalue weighted by atomic mass is 16.8. The lowest BCUT2D eigenvalue weighted by molar-refractivity contribution is -0.404. The van der Waals surface area contributed by atoms with E-state index in [9.17, 15) is 81.7 Å². The first kappa shape index (κ1) is 65.4. The first-order chi connectivity index (χ1) is 40.0. The molecule has 0 amide bonds. The average Bonchev–Trinajstić information content (AvgIpc) is 1.63. The van der Waals surface area contributed by atoms with Crippen molar-refractivity contribution in [1.29, 1.82) is 0 Å². The van der Waals surface area contributed by atoms with Gasteiger partial charge in [-0.05, 0) is 104 Å². The Morgan fingerprint density at radius 2 is 1.01 bits per heavy atom. The SMILES string of the molecule is CC1(CO)CCC23COC4(CCC5C6(C)CCC(OC7OCC(OC8OC(CO)C(O)C(OC9OC(CO)C(O)C(O)C9O)C8OC8OCC(O)C(O)C8O)C(O)C7OC7OC(CO)C(O)C(O)C7O)C(C)(C)C6CCC5(C)C4(C)CC2O)C3C1. The van der Waals surface area contributed by atoms with Crippen molar-refractivity contribution in [2.75, 3.05) is 46.2 Å². The normalized spacial score (nSPS) is 57.7. The second-order valence-corrected chi connectivity index (χ2v) is 28.8. The lowest BCUT2D eigenvalue weighted by Crippen LogP contribution is -2.74. The molecule has 2 bridgehead atoms. The van der Waals surface area contributed by atoms with Crippen molar-refractivity contribution in [2.24, 2.45) is 50.2 Å². The van der Waals surface area contributed by atoms with Crippen molar-refractivity contribution in [3.8, 4) is 0 Å². The minimum Gasteiger partial charge on any atom is -0.396 e.